The van der Waals surface area contributed by atoms with E-state index in [1.54, 1.807) is 37.3 Å². The molecule has 2 rings (SSSR count). The molecule has 1 amide bonds. The number of likely N-dealkylation sites (tertiary alicyclic amines) is 1. The molecule has 1 aliphatic rings. The fraction of sp³-hybridized carbons (Fsp3) is 0.400. The number of hydrogen-bond acceptors (Lipinski definition) is 4. The Balaban J connectivity index is 0.00000220. The molecule has 116 valence electrons. The van der Waals surface area contributed by atoms with Crippen molar-refractivity contribution >= 4 is 24.4 Å². The van der Waals surface area contributed by atoms with Gasteiger partial charge in [-0.1, -0.05) is 0 Å². The third kappa shape index (κ3) is 4.65. The summed E-state index contributed by atoms with van der Waals surface area (Å²) in [7, 11) is 3.19. The van der Waals surface area contributed by atoms with Crippen LogP contribution in [-0.2, 0) is 4.79 Å². The molecule has 0 aliphatic carbocycles. The van der Waals surface area contributed by atoms with E-state index < -0.39 is 0 Å². The van der Waals surface area contributed by atoms with E-state index in [0.717, 1.165) is 18.5 Å². The van der Waals surface area contributed by atoms with Gasteiger partial charge in [0.1, 0.15) is 11.5 Å². The third-order valence-electron chi connectivity index (χ3n) is 3.33. The molecule has 1 fully saturated rings. The van der Waals surface area contributed by atoms with Crippen LogP contribution in [0.3, 0.4) is 0 Å². The van der Waals surface area contributed by atoms with Crippen molar-refractivity contribution in [2.24, 2.45) is 5.73 Å². The molecule has 1 aromatic carbocycles. The Labute approximate surface area is 131 Å². The van der Waals surface area contributed by atoms with Gasteiger partial charge in [-0.2, -0.15) is 0 Å². The summed E-state index contributed by atoms with van der Waals surface area (Å²) >= 11 is 0. The molecule has 1 atom stereocenters. The van der Waals surface area contributed by atoms with Crippen molar-refractivity contribution in [3.63, 3.8) is 0 Å². The van der Waals surface area contributed by atoms with Gasteiger partial charge < -0.3 is 20.1 Å². The number of amides is 1. The predicted octanol–water partition coefficient (Wildman–Crippen LogP) is 1.70. The predicted molar refractivity (Wildman–Crippen MR) is 85.0 cm³/mol. The Kier molecular flexibility index (Phi) is 6.52. The highest BCUT2D eigenvalue weighted by Gasteiger charge is 2.21. The second-order valence-corrected chi connectivity index (χ2v) is 4.81. The zero-order chi connectivity index (χ0) is 14.5. The first-order valence-electron chi connectivity index (χ1n) is 6.58. The normalized spacial score (nSPS) is 17.7. The van der Waals surface area contributed by atoms with Gasteiger partial charge in [0.25, 0.3) is 0 Å². The topological polar surface area (TPSA) is 64.8 Å². The first-order chi connectivity index (χ1) is 9.62. The zero-order valence-corrected chi connectivity index (χ0v) is 13.1. The van der Waals surface area contributed by atoms with Crippen LogP contribution in [0.2, 0.25) is 0 Å². The number of carbonyl (C=O) groups is 1. The minimum Gasteiger partial charge on any atom is -0.497 e. The maximum atomic E-state index is 12.0. The summed E-state index contributed by atoms with van der Waals surface area (Å²) in [5, 5.41) is 0. The summed E-state index contributed by atoms with van der Waals surface area (Å²) < 4.78 is 10.4. The Morgan fingerprint density at radius 1 is 1.29 bits per heavy atom. The lowest BCUT2D eigenvalue weighted by Crippen LogP contribution is -2.30. The van der Waals surface area contributed by atoms with E-state index in [1.807, 2.05) is 12.1 Å². The van der Waals surface area contributed by atoms with Crippen LogP contribution in [0.15, 0.2) is 24.3 Å². The molecule has 0 spiro atoms. The highest BCUT2D eigenvalue weighted by atomic mass is 35.5. The lowest BCUT2D eigenvalue weighted by Gasteiger charge is -2.12. The highest BCUT2D eigenvalue weighted by molar-refractivity contribution is 5.92. The van der Waals surface area contributed by atoms with Crippen LogP contribution in [0, 0.1) is 0 Å². The van der Waals surface area contributed by atoms with Crippen molar-refractivity contribution < 1.29 is 14.3 Å². The molecular weight excluding hydrogens is 292 g/mol. The average Bonchev–Trinajstić information content (AvgIpc) is 2.91. The van der Waals surface area contributed by atoms with Crippen LogP contribution in [0.4, 0.5) is 0 Å². The van der Waals surface area contributed by atoms with E-state index in [0.29, 0.717) is 18.0 Å². The molecule has 0 aromatic heterocycles. The number of hydrogen-bond donors (Lipinski definition) is 1. The zero-order valence-electron chi connectivity index (χ0n) is 12.2. The first kappa shape index (κ1) is 17.3. The van der Waals surface area contributed by atoms with Gasteiger partial charge in [0.15, 0.2) is 0 Å². The summed E-state index contributed by atoms with van der Waals surface area (Å²) in [5.74, 6) is 1.37. The number of nitrogens with zero attached hydrogens (tertiary/aromatic N) is 1. The van der Waals surface area contributed by atoms with E-state index in [-0.39, 0.29) is 24.4 Å². The average molecular weight is 313 g/mol. The molecule has 1 aromatic rings. The Bertz CT molecular complexity index is 497. The maximum Gasteiger partial charge on any atom is 0.246 e. The summed E-state index contributed by atoms with van der Waals surface area (Å²) in [6.07, 6.45) is 4.19. The van der Waals surface area contributed by atoms with Crippen LogP contribution in [-0.4, -0.2) is 44.2 Å². The van der Waals surface area contributed by atoms with Gasteiger partial charge in [0.05, 0.1) is 14.2 Å². The van der Waals surface area contributed by atoms with E-state index in [2.05, 4.69) is 0 Å². The quantitative estimate of drug-likeness (QED) is 0.859. The lowest BCUT2D eigenvalue weighted by molar-refractivity contribution is -0.124. The number of ether oxygens (including phenoxy) is 2. The standard InChI is InChI=1S/C15H20N2O3.ClH/c1-19-13-7-11(8-14(9-13)20-2)3-4-15(18)17-6-5-12(16)10-17;/h3-4,7-9,12H,5-6,10,16H2,1-2H3;1H. The van der Waals surface area contributed by atoms with Crippen molar-refractivity contribution in [3.8, 4) is 11.5 Å². The molecule has 0 radical (unpaired) electrons. The number of rotatable bonds is 4. The van der Waals surface area contributed by atoms with Crippen LogP contribution in [0.25, 0.3) is 6.08 Å². The van der Waals surface area contributed by atoms with Crippen molar-refractivity contribution in [3.05, 3.63) is 29.8 Å². The van der Waals surface area contributed by atoms with Gasteiger partial charge in [-0.05, 0) is 30.2 Å². The van der Waals surface area contributed by atoms with Gasteiger partial charge in [-0.3, -0.25) is 4.79 Å². The molecule has 1 unspecified atom stereocenters. The third-order valence-corrected chi connectivity index (χ3v) is 3.33. The van der Waals surface area contributed by atoms with Gasteiger partial charge in [0.2, 0.25) is 5.91 Å². The molecule has 2 N–H and O–H groups in total. The van der Waals surface area contributed by atoms with E-state index in [9.17, 15) is 4.79 Å². The smallest absolute Gasteiger partial charge is 0.246 e. The van der Waals surface area contributed by atoms with Crippen LogP contribution < -0.4 is 15.2 Å². The van der Waals surface area contributed by atoms with Gasteiger partial charge in [-0.15, -0.1) is 12.4 Å². The minimum absolute atomic E-state index is 0. The summed E-state index contributed by atoms with van der Waals surface area (Å²) in [4.78, 5) is 13.8. The molecule has 5 nitrogen and oxygen atoms in total. The van der Waals surface area contributed by atoms with Crippen molar-refractivity contribution in [2.75, 3.05) is 27.3 Å². The van der Waals surface area contributed by atoms with Gasteiger partial charge >= 0.3 is 0 Å². The number of nitrogens with two attached hydrogens (primary N) is 1. The lowest BCUT2D eigenvalue weighted by atomic mass is 10.2. The molecule has 0 bridgehead atoms. The van der Waals surface area contributed by atoms with Gasteiger partial charge in [0, 0.05) is 31.3 Å². The fourth-order valence-corrected chi connectivity index (χ4v) is 2.19. The van der Waals surface area contributed by atoms with Gasteiger partial charge in [-0.25, -0.2) is 0 Å². The number of carbonyl (C=O) groups excluding carboxylic acids is 1. The first-order valence-corrected chi connectivity index (χ1v) is 6.58. The molecule has 0 saturated carbocycles. The molecule has 6 heteroatoms. The molecular formula is C15H21ClN2O3. The largest absolute Gasteiger partial charge is 0.497 e. The van der Waals surface area contributed by atoms with Crippen molar-refractivity contribution in [1.29, 1.82) is 0 Å². The highest BCUT2D eigenvalue weighted by Crippen LogP contribution is 2.23. The molecule has 1 saturated heterocycles. The Hall–Kier alpha value is -1.72. The molecule has 1 aliphatic heterocycles. The Morgan fingerprint density at radius 3 is 2.38 bits per heavy atom. The summed E-state index contributed by atoms with van der Waals surface area (Å²) in [6, 6.07) is 5.59. The number of benzene rings is 1. The SMILES string of the molecule is COc1cc(C=CC(=O)N2CCC(N)C2)cc(OC)c1.Cl. The Morgan fingerprint density at radius 2 is 1.90 bits per heavy atom. The summed E-state index contributed by atoms with van der Waals surface area (Å²) in [5.41, 5.74) is 6.65. The van der Waals surface area contributed by atoms with Crippen molar-refractivity contribution in [2.45, 2.75) is 12.5 Å². The second-order valence-electron chi connectivity index (χ2n) is 4.81. The van der Waals surface area contributed by atoms with Crippen LogP contribution >= 0.6 is 12.4 Å². The van der Waals surface area contributed by atoms with Crippen LogP contribution in [0.5, 0.6) is 11.5 Å². The van der Waals surface area contributed by atoms with Crippen molar-refractivity contribution in [1.82, 2.24) is 4.90 Å². The summed E-state index contributed by atoms with van der Waals surface area (Å²) in [6.45, 7) is 1.36. The fourth-order valence-electron chi connectivity index (χ4n) is 2.19. The number of methoxy groups -OCH3 is 2. The molecule has 1 heterocycles. The van der Waals surface area contributed by atoms with E-state index >= 15 is 0 Å². The van der Waals surface area contributed by atoms with E-state index in [1.165, 1.54) is 0 Å². The monoisotopic (exact) mass is 312 g/mol. The van der Waals surface area contributed by atoms with E-state index in [4.69, 9.17) is 15.2 Å². The molecule has 21 heavy (non-hydrogen) atoms. The second kappa shape index (κ2) is 7.90. The van der Waals surface area contributed by atoms with Crippen LogP contribution in [0.1, 0.15) is 12.0 Å². The number of halogens is 1. The maximum absolute atomic E-state index is 12.0. The minimum atomic E-state index is -0.0141.